The van der Waals surface area contributed by atoms with Crippen molar-refractivity contribution < 1.29 is 4.42 Å². The van der Waals surface area contributed by atoms with Gasteiger partial charge in [-0.2, -0.15) is 0 Å². The van der Waals surface area contributed by atoms with Crippen LogP contribution in [0.3, 0.4) is 0 Å². The van der Waals surface area contributed by atoms with Crippen LogP contribution in [0, 0.1) is 0 Å². The van der Waals surface area contributed by atoms with Crippen molar-refractivity contribution in [2.75, 3.05) is 0 Å². The first-order valence-corrected chi connectivity index (χ1v) is 20.3. The highest BCUT2D eigenvalue weighted by molar-refractivity contribution is 7.27. The SMILES string of the molecule is c1ccc(-c2nc(-c3ccccc3)nc(-c3cccc4oc5c(-c6nc(-c7cccc8c7sc7ccccc78)c7sc8ccccc8c7n6)cccc5c34)n2)cc1. The van der Waals surface area contributed by atoms with Gasteiger partial charge in [0.1, 0.15) is 11.2 Å². The van der Waals surface area contributed by atoms with E-state index in [0.717, 1.165) is 65.5 Å². The summed E-state index contributed by atoms with van der Waals surface area (Å²) in [5.74, 6) is 2.40. The minimum Gasteiger partial charge on any atom is -0.455 e. The molecular weight excluding hydrogens is 739 g/mol. The van der Waals surface area contributed by atoms with E-state index in [-0.39, 0.29) is 0 Å². The number of thiophene rings is 2. The van der Waals surface area contributed by atoms with Crippen molar-refractivity contribution in [1.82, 2.24) is 24.9 Å². The number of hydrogen-bond donors (Lipinski definition) is 0. The lowest BCUT2D eigenvalue weighted by atomic mass is 10.0. The summed E-state index contributed by atoms with van der Waals surface area (Å²) >= 11 is 3.56. The van der Waals surface area contributed by atoms with Gasteiger partial charge in [-0.15, -0.1) is 22.7 Å². The van der Waals surface area contributed by atoms with Crippen molar-refractivity contribution in [1.29, 1.82) is 0 Å². The molecule has 0 bridgehead atoms. The number of fused-ring (bicyclic) bond motifs is 9. The number of rotatable bonds is 5. The van der Waals surface area contributed by atoms with E-state index < -0.39 is 0 Å². The van der Waals surface area contributed by atoms with E-state index in [1.165, 1.54) is 24.9 Å². The van der Waals surface area contributed by atoms with Crippen LogP contribution in [0.4, 0.5) is 0 Å². The molecule has 0 amide bonds. The first-order valence-electron chi connectivity index (χ1n) is 18.7. The minimum atomic E-state index is 0.572. The first-order chi connectivity index (χ1) is 28.2. The Hall–Kier alpha value is -7.13. The molecule has 0 aliphatic rings. The van der Waals surface area contributed by atoms with Crippen LogP contribution in [0.15, 0.2) is 168 Å². The molecule has 0 aliphatic heterocycles. The Bertz CT molecular complexity index is 3480. The lowest BCUT2D eigenvalue weighted by molar-refractivity contribution is 0.669. The maximum atomic E-state index is 6.82. The molecule has 0 spiro atoms. The van der Waals surface area contributed by atoms with Crippen molar-refractivity contribution in [3.63, 3.8) is 0 Å². The molecule has 0 atom stereocenters. The van der Waals surface area contributed by atoms with Gasteiger partial charge >= 0.3 is 0 Å². The van der Waals surface area contributed by atoms with E-state index in [2.05, 4.69) is 91.0 Å². The van der Waals surface area contributed by atoms with Crippen molar-refractivity contribution >= 4 is 85.1 Å². The molecule has 7 aromatic carbocycles. The van der Waals surface area contributed by atoms with Gasteiger partial charge in [0.2, 0.25) is 0 Å². The normalized spacial score (nSPS) is 11.9. The van der Waals surface area contributed by atoms with E-state index in [1.807, 2.05) is 84.1 Å². The zero-order chi connectivity index (χ0) is 37.5. The highest BCUT2D eigenvalue weighted by atomic mass is 32.1. The predicted molar refractivity (Wildman–Crippen MR) is 236 cm³/mol. The summed E-state index contributed by atoms with van der Waals surface area (Å²) in [5, 5.41) is 5.47. The average Bonchev–Trinajstić information content (AvgIpc) is 3.98. The van der Waals surface area contributed by atoms with Crippen LogP contribution >= 0.6 is 22.7 Å². The van der Waals surface area contributed by atoms with E-state index >= 15 is 0 Å². The smallest absolute Gasteiger partial charge is 0.164 e. The van der Waals surface area contributed by atoms with Crippen LogP contribution in [-0.2, 0) is 0 Å². The Morgan fingerprint density at radius 3 is 1.67 bits per heavy atom. The monoisotopic (exact) mass is 765 g/mol. The van der Waals surface area contributed by atoms with Crippen LogP contribution in [0.5, 0.6) is 0 Å². The van der Waals surface area contributed by atoms with Crippen LogP contribution < -0.4 is 0 Å². The maximum absolute atomic E-state index is 6.82. The van der Waals surface area contributed by atoms with E-state index in [1.54, 1.807) is 11.3 Å². The van der Waals surface area contributed by atoms with Gasteiger partial charge in [-0.3, -0.25) is 0 Å². The lowest BCUT2D eigenvalue weighted by Crippen LogP contribution is -2.00. The van der Waals surface area contributed by atoms with Crippen LogP contribution in [0.2, 0.25) is 0 Å². The number of hydrogen-bond acceptors (Lipinski definition) is 8. The second kappa shape index (κ2) is 12.7. The second-order valence-corrected chi connectivity index (χ2v) is 16.1. The summed E-state index contributed by atoms with van der Waals surface area (Å²) in [6.45, 7) is 0. The molecule has 0 fully saturated rings. The minimum absolute atomic E-state index is 0.572. The molecule has 0 aliphatic carbocycles. The van der Waals surface area contributed by atoms with Crippen molar-refractivity contribution in [3.8, 4) is 56.8 Å². The summed E-state index contributed by atoms with van der Waals surface area (Å²) in [6.07, 6.45) is 0. The van der Waals surface area contributed by atoms with Crippen LogP contribution in [-0.4, -0.2) is 24.9 Å². The lowest BCUT2D eigenvalue weighted by Gasteiger charge is -2.09. The summed E-state index contributed by atoms with van der Waals surface area (Å²) in [6, 6.07) is 56.0. The highest BCUT2D eigenvalue weighted by Crippen LogP contribution is 2.46. The molecule has 0 unspecified atom stereocenters. The molecule has 8 heteroatoms. The van der Waals surface area contributed by atoms with Gasteiger partial charge < -0.3 is 4.42 Å². The second-order valence-electron chi connectivity index (χ2n) is 14.0. The molecule has 266 valence electrons. The molecular formula is C49H27N5OS2. The van der Waals surface area contributed by atoms with Crippen molar-refractivity contribution in [2.24, 2.45) is 0 Å². The topological polar surface area (TPSA) is 77.6 Å². The summed E-state index contributed by atoms with van der Waals surface area (Å²) in [4.78, 5) is 25.9. The fraction of sp³-hybridized carbons (Fsp3) is 0. The third-order valence-corrected chi connectivity index (χ3v) is 13.0. The van der Waals surface area contributed by atoms with Gasteiger partial charge in [-0.1, -0.05) is 140 Å². The molecule has 0 N–H and O–H groups in total. The molecule has 6 nitrogen and oxygen atoms in total. The van der Waals surface area contributed by atoms with Gasteiger partial charge in [0.15, 0.2) is 23.3 Å². The standard InChI is InChI=1S/C49H27N5OS2/c1-3-14-28(15-4-1)46-52-47(29-16-5-2-6-17-29)54-48(53-46)34-22-13-25-37-40(34)33-21-12-24-36(43(33)55-37)49-50-41-32-19-8-10-27-39(32)57-45(41)42(51-49)35-23-11-20-31-30-18-7-9-26-38(30)56-44(31)35/h1-27H. The fourth-order valence-electron chi connectivity index (χ4n) is 7.97. The molecule has 12 rings (SSSR count). The number of aromatic nitrogens is 5. The zero-order valence-electron chi connectivity index (χ0n) is 30.0. The summed E-state index contributed by atoms with van der Waals surface area (Å²) < 4.78 is 11.5. The number of furan rings is 1. The average molecular weight is 766 g/mol. The van der Waals surface area contributed by atoms with Gasteiger partial charge in [0.25, 0.3) is 0 Å². The Morgan fingerprint density at radius 2 is 0.912 bits per heavy atom. The number of benzene rings is 7. The Morgan fingerprint density at radius 1 is 0.368 bits per heavy atom. The molecule has 0 saturated heterocycles. The molecule has 57 heavy (non-hydrogen) atoms. The van der Waals surface area contributed by atoms with Gasteiger partial charge in [-0.05, 0) is 24.3 Å². The van der Waals surface area contributed by atoms with Gasteiger partial charge in [-0.25, -0.2) is 24.9 Å². The fourth-order valence-corrected chi connectivity index (χ4v) is 10.3. The Kier molecular flexibility index (Phi) is 7.17. The Balaban J connectivity index is 1.10. The molecule has 0 saturated carbocycles. The largest absolute Gasteiger partial charge is 0.455 e. The third-order valence-electron chi connectivity index (χ3n) is 10.6. The quantitative estimate of drug-likeness (QED) is 0.174. The van der Waals surface area contributed by atoms with Crippen molar-refractivity contribution in [2.45, 2.75) is 0 Å². The molecule has 5 aromatic heterocycles. The molecule has 12 aromatic rings. The molecule has 0 radical (unpaired) electrons. The third kappa shape index (κ3) is 5.12. The number of para-hydroxylation sites is 1. The summed E-state index contributed by atoms with van der Waals surface area (Å²) in [5.41, 5.74) is 7.93. The van der Waals surface area contributed by atoms with Crippen LogP contribution in [0.1, 0.15) is 0 Å². The van der Waals surface area contributed by atoms with Gasteiger partial charge in [0.05, 0.1) is 21.5 Å². The highest BCUT2D eigenvalue weighted by Gasteiger charge is 2.23. The Labute approximate surface area is 333 Å². The van der Waals surface area contributed by atoms with Gasteiger partial charge in [0, 0.05) is 63.3 Å². The van der Waals surface area contributed by atoms with Crippen LogP contribution in [0.25, 0.3) is 119 Å². The van der Waals surface area contributed by atoms with Crippen molar-refractivity contribution in [3.05, 3.63) is 164 Å². The molecule has 5 heterocycles. The predicted octanol–water partition coefficient (Wildman–Crippen LogP) is 13.6. The summed E-state index contributed by atoms with van der Waals surface area (Å²) in [7, 11) is 0. The van der Waals surface area contributed by atoms with E-state index in [9.17, 15) is 0 Å². The maximum Gasteiger partial charge on any atom is 0.164 e. The first kappa shape index (κ1) is 32.1. The van der Waals surface area contributed by atoms with E-state index in [4.69, 9.17) is 29.3 Å². The van der Waals surface area contributed by atoms with E-state index in [0.29, 0.717) is 28.9 Å². The number of nitrogens with zero attached hydrogens (tertiary/aromatic N) is 5. The zero-order valence-corrected chi connectivity index (χ0v) is 31.7.